The Morgan fingerprint density at radius 1 is 1.26 bits per heavy atom. The van der Waals surface area contributed by atoms with Gasteiger partial charge in [0.05, 0.1) is 10.6 Å². The van der Waals surface area contributed by atoms with Crippen molar-refractivity contribution in [3.63, 3.8) is 0 Å². The van der Waals surface area contributed by atoms with E-state index in [1.807, 2.05) is 26.0 Å². The third-order valence-electron chi connectivity index (χ3n) is 2.77. The summed E-state index contributed by atoms with van der Waals surface area (Å²) in [6.45, 7) is 4.20. The van der Waals surface area contributed by atoms with Crippen LogP contribution in [0.25, 0.3) is 0 Å². The molecule has 1 heterocycles. The van der Waals surface area contributed by atoms with Crippen LogP contribution >= 0.6 is 11.3 Å². The van der Waals surface area contributed by atoms with E-state index in [0.29, 0.717) is 12.2 Å². The van der Waals surface area contributed by atoms with Crippen LogP contribution in [0, 0.1) is 13.8 Å². The molecule has 3 N–H and O–H groups in total. The van der Waals surface area contributed by atoms with E-state index < -0.39 is 10.0 Å². The summed E-state index contributed by atoms with van der Waals surface area (Å²) in [7, 11) is -3.53. The van der Waals surface area contributed by atoms with E-state index in [1.165, 1.54) is 11.3 Å². The van der Waals surface area contributed by atoms with Crippen molar-refractivity contribution >= 4 is 27.0 Å². The zero-order chi connectivity index (χ0) is 14.0. The number of rotatable bonds is 4. The number of thiophene rings is 1. The van der Waals surface area contributed by atoms with E-state index >= 15 is 0 Å². The number of aryl methyl sites for hydroxylation is 2. The third-order valence-corrected chi connectivity index (χ3v) is 5.22. The smallest absolute Gasteiger partial charge is 0.262 e. The molecule has 0 aliphatic carbocycles. The van der Waals surface area contributed by atoms with Gasteiger partial charge in [0.25, 0.3) is 10.0 Å². The highest BCUT2D eigenvalue weighted by molar-refractivity contribution is 7.92. The zero-order valence-electron chi connectivity index (χ0n) is 10.8. The monoisotopic (exact) mass is 296 g/mol. The van der Waals surface area contributed by atoms with Crippen LogP contribution in [0.4, 0.5) is 5.69 Å². The predicted molar refractivity (Wildman–Crippen MR) is 78.9 cm³/mol. The fourth-order valence-corrected chi connectivity index (χ4v) is 4.03. The summed E-state index contributed by atoms with van der Waals surface area (Å²) in [4.78, 5) is 1.11. The van der Waals surface area contributed by atoms with Gasteiger partial charge in [-0.15, -0.1) is 11.3 Å². The SMILES string of the molecule is Cc1ccc(NS(=O)(=O)c2csc(CN)c2)c(C)c1. The number of sulfonamides is 1. The van der Waals surface area contributed by atoms with Crippen LogP contribution in [0.1, 0.15) is 16.0 Å². The average Bonchev–Trinajstić information content (AvgIpc) is 2.82. The lowest BCUT2D eigenvalue weighted by Gasteiger charge is -2.10. The van der Waals surface area contributed by atoms with Gasteiger partial charge in [0.1, 0.15) is 0 Å². The maximum Gasteiger partial charge on any atom is 0.262 e. The van der Waals surface area contributed by atoms with Crippen molar-refractivity contribution in [1.82, 2.24) is 0 Å². The molecule has 2 rings (SSSR count). The Balaban J connectivity index is 2.30. The summed E-state index contributed by atoms with van der Waals surface area (Å²) >= 11 is 1.35. The molecule has 0 aliphatic heterocycles. The normalized spacial score (nSPS) is 11.5. The van der Waals surface area contributed by atoms with Crippen LogP contribution in [0.2, 0.25) is 0 Å². The van der Waals surface area contributed by atoms with E-state index in [4.69, 9.17) is 5.73 Å². The van der Waals surface area contributed by atoms with Gasteiger partial charge in [-0.1, -0.05) is 17.7 Å². The molecule has 0 amide bonds. The summed E-state index contributed by atoms with van der Waals surface area (Å²) in [5.41, 5.74) is 8.10. The molecule has 0 atom stereocenters. The van der Waals surface area contributed by atoms with Crippen molar-refractivity contribution in [2.75, 3.05) is 4.72 Å². The van der Waals surface area contributed by atoms with Gasteiger partial charge in [0.2, 0.25) is 0 Å². The predicted octanol–water partition coefficient (Wildman–Crippen LogP) is 2.62. The largest absolute Gasteiger partial charge is 0.326 e. The number of nitrogens with one attached hydrogen (secondary N) is 1. The van der Waals surface area contributed by atoms with Gasteiger partial charge in [-0.2, -0.15) is 0 Å². The quantitative estimate of drug-likeness (QED) is 0.911. The fraction of sp³-hybridized carbons (Fsp3) is 0.231. The average molecular weight is 296 g/mol. The lowest BCUT2D eigenvalue weighted by molar-refractivity contribution is 0.601. The first-order valence-electron chi connectivity index (χ1n) is 5.80. The van der Waals surface area contributed by atoms with Crippen LogP contribution in [-0.4, -0.2) is 8.42 Å². The van der Waals surface area contributed by atoms with Gasteiger partial charge < -0.3 is 5.73 Å². The summed E-state index contributed by atoms with van der Waals surface area (Å²) in [6, 6.07) is 7.20. The molecule has 0 saturated carbocycles. The van der Waals surface area contributed by atoms with E-state index in [2.05, 4.69) is 4.72 Å². The fourth-order valence-electron chi connectivity index (χ4n) is 1.74. The molecular formula is C13H16N2O2S2. The maximum absolute atomic E-state index is 12.2. The Kier molecular flexibility index (Phi) is 3.93. The number of anilines is 1. The van der Waals surface area contributed by atoms with E-state index in [9.17, 15) is 8.42 Å². The van der Waals surface area contributed by atoms with Gasteiger partial charge in [0.15, 0.2) is 0 Å². The Morgan fingerprint density at radius 3 is 2.58 bits per heavy atom. The lowest BCUT2D eigenvalue weighted by Crippen LogP contribution is -2.13. The van der Waals surface area contributed by atoms with Gasteiger partial charge >= 0.3 is 0 Å². The van der Waals surface area contributed by atoms with Gasteiger partial charge in [-0.05, 0) is 31.5 Å². The first-order chi connectivity index (χ1) is 8.92. The first-order valence-corrected chi connectivity index (χ1v) is 8.16. The van der Waals surface area contributed by atoms with Crippen LogP contribution in [0.3, 0.4) is 0 Å². The minimum atomic E-state index is -3.53. The first kappa shape index (κ1) is 14.0. The Bertz CT molecular complexity index is 690. The van der Waals surface area contributed by atoms with Crippen LogP contribution in [-0.2, 0) is 16.6 Å². The summed E-state index contributed by atoms with van der Waals surface area (Å²) in [6.07, 6.45) is 0. The van der Waals surface area contributed by atoms with Crippen molar-refractivity contribution < 1.29 is 8.42 Å². The van der Waals surface area contributed by atoms with Gasteiger partial charge in [0, 0.05) is 16.8 Å². The van der Waals surface area contributed by atoms with E-state index in [-0.39, 0.29) is 4.90 Å². The molecule has 0 saturated heterocycles. The van der Waals surface area contributed by atoms with Gasteiger partial charge in [-0.25, -0.2) is 8.42 Å². The van der Waals surface area contributed by atoms with Crippen molar-refractivity contribution in [3.05, 3.63) is 45.6 Å². The number of hydrogen-bond acceptors (Lipinski definition) is 4. The second kappa shape index (κ2) is 5.32. The van der Waals surface area contributed by atoms with Crippen molar-refractivity contribution in [3.8, 4) is 0 Å². The van der Waals surface area contributed by atoms with Gasteiger partial charge in [-0.3, -0.25) is 4.72 Å². The second-order valence-corrected chi connectivity index (χ2v) is 7.05. The molecule has 0 spiro atoms. The van der Waals surface area contributed by atoms with Crippen molar-refractivity contribution in [1.29, 1.82) is 0 Å². The third kappa shape index (κ3) is 3.15. The van der Waals surface area contributed by atoms with Crippen LogP contribution in [0.15, 0.2) is 34.5 Å². The molecule has 0 radical (unpaired) electrons. The summed E-state index contributed by atoms with van der Waals surface area (Å²) in [5.74, 6) is 0. The van der Waals surface area contributed by atoms with Crippen molar-refractivity contribution in [2.24, 2.45) is 5.73 Å². The molecule has 1 aromatic carbocycles. The molecule has 1 aromatic heterocycles. The van der Waals surface area contributed by atoms with E-state index in [1.54, 1.807) is 17.5 Å². The Labute approximate surface area is 117 Å². The highest BCUT2D eigenvalue weighted by atomic mass is 32.2. The maximum atomic E-state index is 12.2. The summed E-state index contributed by atoms with van der Waals surface area (Å²) in [5, 5.41) is 1.61. The molecule has 6 heteroatoms. The summed E-state index contributed by atoms with van der Waals surface area (Å²) < 4.78 is 27.1. The number of hydrogen-bond donors (Lipinski definition) is 2. The second-order valence-electron chi connectivity index (χ2n) is 4.38. The molecule has 0 fully saturated rings. The molecule has 2 aromatic rings. The Hall–Kier alpha value is -1.37. The topological polar surface area (TPSA) is 72.2 Å². The molecule has 19 heavy (non-hydrogen) atoms. The Morgan fingerprint density at radius 2 is 2.00 bits per heavy atom. The number of nitrogens with two attached hydrogens (primary N) is 1. The molecule has 0 unspecified atom stereocenters. The molecular weight excluding hydrogens is 280 g/mol. The van der Waals surface area contributed by atoms with Crippen LogP contribution < -0.4 is 10.5 Å². The van der Waals surface area contributed by atoms with Crippen LogP contribution in [0.5, 0.6) is 0 Å². The lowest BCUT2D eigenvalue weighted by atomic mass is 10.1. The molecule has 0 aliphatic rings. The molecule has 0 bridgehead atoms. The minimum Gasteiger partial charge on any atom is -0.326 e. The minimum absolute atomic E-state index is 0.262. The zero-order valence-corrected chi connectivity index (χ0v) is 12.4. The van der Waals surface area contributed by atoms with Crippen molar-refractivity contribution in [2.45, 2.75) is 25.3 Å². The standard InChI is InChI=1S/C13H16N2O2S2/c1-9-3-4-13(10(2)5-9)15-19(16,17)12-6-11(7-14)18-8-12/h3-6,8,15H,7,14H2,1-2H3. The highest BCUT2D eigenvalue weighted by Gasteiger charge is 2.17. The van der Waals surface area contributed by atoms with E-state index in [0.717, 1.165) is 16.0 Å². The molecule has 102 valence electrons. The number of benzene rings is 1. The molecule has 4 nitrogen and oxygen atoms in total. The highest BCUT2D eigenvalue weighted by Crippen LogP contribution is 2.23.